The molecule has 1 aliphatic carbocycles. The zero-order valence-corrected chi connectivity index (χ0v) is 11.0. The van der Waals surface area contributed by atoms with Gasteiger partial charge in [0.05, 0.1) is 10.9 Å². The molecule has 3 rings (SSSR count). The fraction of sp³-hybridized carbons (Fsp3) is 0.467. The maximum absolute atomic E-state index is 12.0. The highest BCUT2D eigenvalue weighted by atomic mass is 16.1. The van der Waals surface area contributed by atoms with E-state index in [-0.39, 0.29) is 5.56 Å². The Kier molecular flexibility index (Phi) is 3.49. The second-order valence-electron chi connectivity index (χ2n) is 5.26. The lowest BCUT2D eigenvalue weighted by molar-refractivity contribution is 0.615. The molecule has 0 amide bonds. The van der Waals surface area contributed by atoms with Gasteiger partial charge in [-0.25, -0.2) is 4.98 Å². The van der Waals surface area contributed by atoms with Crippen molar-refractivity contribution in [2.24, 2.45) is 0 Å². The third-order valence-corrected chi connectivity index (χ3v) is 3.81. The molecule has 0 saturated heterocycles. The van der Waals surface area contributed by atoms with Crippen molar-refractivity contribution in [1.29, 1.82) is 0 Å². The van der Waals surface area contributed by atoms with Crippen molar-refractivity contribution in [2.45, 2.75) is 44.6 Å². The minimum Gasteiger partial charge on any atom is -0.353 e. The molecule has 0 radical (unpaired) electrons. The minimum absolute atomic E-state index is 0.0679. The molecule has 4 heteroatoms. The molecule has 2 aromatic rings. The first-order chi connectivity index (χ1) is 9.33. The summed E-state index contributed by atoms with van der Waals surface area (Å²) < 4.78 is 0. The zero-order chi connectivity index (χ0) is 13.1. The Morgan fingerprint density at radius 2 is 1.84 bits per heavy atom. The van der Waals surface area contributed by atoms with Crippen molar-refractivity contribution in [2.75, 3.05) is 5.32 Å². The Morgan fingerprint density at radius 1 is 1.11 bits per heavy atom. The molecule has 1 heterocycles. The lowest BCUT2D eigenvalue weighted by atomic mass is 10.1. The average molecular weight is 257 g/mol. The Balaban J connectivity index is 1.86. The highest BCUT2D eigenvalue weighted by Crippen LogP contribution is 2.19. The van der Waals surface area contributed by atoms with Gasteiger partial charge < -0.3 is 5.32 Å². The fourth-order valence-electron chi connectivity index (χ4n) is 2.77. The first kappa shape index (κ1) is 12.2. The molecule has 1 aromatic carbocycles. The molecular weight excluding hydrogens is 238 g/mol. The number of benzene rings is 1. The maximum atomic E-state index is 12.0. The minimum atomic E-state index is -0.0679. The molecule has 2 N–H and O–H groups in total. The van der Waals surface area contributed by atoms with E-state index in [0.717, 1.165) is 18.4 Å². The van der Waals surface area contributed by atoms with Gasteiger partial charge in [-0.05, 0) is 25.0 Å². The van der Waals surface area contributed by atoms with Crippen molar-refractivity contribution in [3.05, 3.63) is 34.6 Å². The van der Waals surface area contributed by atoms with E-state index in [9.17, 15) is 4.79 Å². The number of fused-ring (bicyclic) bond motifs is 1. The molecular formula is C15H19N3O. The second kappa shape index (κ2) is 5.43. The van der Waals surface area contributed by atoms with Crippen LogP contribution in [-0.4, -0.2) is 16.0 Å². The van der Waals surface area contributed by atoms with Gasteiger partial charge in [0.1, 0.15) is 0 Å². The van der Waals surface area contributed by atoms with E-state index < -0.39 is 0 Å². The molecule has 1 fully saturated rings. The summed E-state index contributed by atoms with van der Waals surface area (Å²) in [6.07, 6.45) is 7.48. The molecule has 0 unspecified atom stereocenters. The molecule has 4 nitrogen and oxygen atoms in total. The summed E-state index contributed by atoms with van der Waals surface area (Å²) in [6, 6.07) is 7.88. The smallest absolute Gasteiger partial charge is 0.260 e. The van der Waals surface area contributed by atoms with Crippen LogP contribution < -0.4 is 10.9 Å². The fourth-order valence-corrected chi connectivity index (χ4v) is 2.77. The maximum Gasteiger partial charge on any atom is 0.260 e. The summed E-state index contributed by atoms with van der Waals surface area (Å²) in [4.78, 5) is 19.3. The van der Waals surface area contributed by atoms with Crippen LogP contribution in [0.3, 0.4) is 0 Å². The van der Waals surface area contributed by atoms with Gasteiger partial charge in [0.25, 0.3) is 5.56 Å². The van der Waals surface area contributed by atoms with Crippen LogP contribution in [0.1, 0.15) is 38.5 Å². The van der Waals surface area contributed by atoms with E-state index in [0.29, 0.717) is 17.4 Å². The predicted molar refractivity (Wildman–Crippen MR) is 77.5 cm³/mol. The monoisotopic (exact) mass is 257 g/mol. The molecule has 1 aromatic heterocycles. The van der Waals surface area contributed by atoms with Gasteiger partial charge in [0.2, 0.25) is 5.95 Å². The van der Waals surface area contributed by atoms with E-state index in [4.69, 9.17) is 0 Å². The lowest BCUT2D eigenvalue weighted by Crippen LogP contribution is -2.22. The number of aromatic amines is 1. The van der Waals surface area contributed by atoms with Gasteiger partial charge in [0.15, 0.2) is 0 Å². The zero-order valence-electron chi connectivity index (χ0n) is 11.0. The number of aromatic nitrogens is 2. The van der Waals surface area contributed by atoms with Gasteiger partial charge in [-0.15, -0.1) is 0 Å². The summed E-state index contributed by atoms with van der Waals surface area (Å²) in [5, 5.41) is 4.03. The Bertz CT molecular complexity index is 612. The van der Waals surface area contributed by atoms with E-state index in [2.05, 4.69) is 15.3 Å². The number of hydrogen-bond acceptors (Lipinski definition) is 3. The van der Waals surface area contributed by atoms with E-state index >= 15 is 0 Å². The molecule has 0 bridgehead atoms. The van der Waals surface area contributed by atoms with Crippen LogP contribution in [0.25, 0.3) is 10.9 Å². The highest BCUT2D eigenvalue weighted by molar-refractivity contribution is 5.78. The SMILES string of the molecule is O=c1[nH]c(NC2CCCCCC2)nc2ccccc12. The summed E-state index contributed by atoms with van der Waals surface area (Å²) in [6.45, 7) is 0. The number of H-pyrrole nitrogens is 1. The van der Waals surface area contributed by atoms with Gasteiger partial charge in [-0.3, -0.25) is 9.78 Å². The topological polar surface area (TPSA) is 57.8 Å². The van der Waals surface area contributed by atoms with Crippen molar-refractivity contribution in [3.8, 4) is 0 Å². The number of rotatable bonds is 2. The van der Waals surface area contributed by atoms with Crippen LogP contribution in [0.4, 0.5) is 5.95 Å². The summed E-state index contributed by atoms with van der Waals surface area (Å²) in [5.41, 5.74) is 0.684. The largest absolute Gasteiger partial charge is 0.353 e. The number of nitrogens with one attached hydrogen (secondary N) is 2. The van der Waals surface area contributed by atoms with Crippen LogP contribution in [0.5, 0.6) is 0 Å². The normalized spacial score (nSPS) is 17.3. The first-order valence-electron chi connectivity index (χ1n) is 7.08. The molecule has 1 aliphatic rings. The first-order valence-corrected chi connectivity index (χ1v) is 7.08. The quantitative estimate of drug-likeness (QED) is 0.813. The molecule has 0 atom stereocenters. The number of para-hydroxylation sites is 1. The Morgan fingerprint density at radius 3 is 2.63 bits per heavy atom. The van der Waals surface area contributed by atoms with Crippen molar-refractivity contribution in [1.82, 2.24) is 9.97 Å². The van der Waals surface area contributed by atoms with Gasteiger partial charge in [-0.2, -0.15) is 0 Å². The van der Waals surface area contributed by atoms with Crippen LogP contribution in [0, 0.1) is 0 Å². The van der Waals surface area contributed by atoms with Gasteiger partial charge >= 0.3 is 0 Å². The highest BCUT2D eigenvalue weighted by Gasteiger charge is 2.13. The van der Waals surface area contributed by atoms with Gasteiger partial charge in [0, 0.05) is 6.04 Å². The molecule has 0 spiro atoms. The van der Waals surface area contributed by atoms with Gasteiger partial charge in [-0.1, -0.05) is 37.8 Å². The third-order valence-electron chi connectivity index (χ3n) is 3.81. The van der Waals surface area contributed by atoms with E-state index in [1.165, 1.54) is 25.7 Å². The van der Waals surface area contributed by atoms with Crippen molar-refractivity contribution in [3.63, 3.8) is 0 Å². The van der Waals surface area contributed by atoms with Crippen LogP contribution in [0.15, 0.2) is 29.1 Å². The van der Waals surface area contributed by atoms with Crippen LogP contribution >= 0.6 is 0 Å². The number of nitrogens with zero attached hydrogens (tertiary/aromatic N) is 1. The molecule has 1 saturated carbocycles. The molecule has 19 heavy (non-hydrogen) atoms. The lowest BCUT2D eigenvalue weighted by Gasteiger charge is -2.16. The number of hydrogen-bond donors (Lipinski definition) is 2. The summed E-state index contributed by atoms with van der Waals surface area (Å²) in [7, 11) is 0. The molecule has 0 aliphatic heterocycles. The van der Waals surface area contributed by atoms with E-state index in [1.54, 1.807) is 6.07 Å². The predicted octanol–water partition coefficient (Wildman–Crippen LogP) is 3.06. The molecule has 100 valence electrons. The standard InChI is InChI=1S/C15H19N3O/c19-14-12-9-5-6-10-13(12)17-15(18-14)16-11-7-3-1-2-4-8-11/h5-6,9-11H,1-4,7-8H2,(H2,16,17,18,19). The average Bonchev–Trinajstić information content (AvgIpc) is 2.67. The van der Waals surface area contributed by atoms with Crippen molar-refractivity contribution < 1.29 is 0 Å². The number of anilines is 1. The van der Waals surface area contributed by atoms with E-state index in [1.807, 2.05) is 18.2 Å². The van der Waals surface area contributed by atoms with Crippen LogP contribution in [-0.2, 0) is 0 Å². The Labute approximate surface area is 112 Å². The Hall–Kier alpha value is -1.84. The van der Waals surface area contributed by atoms with Crippen LogP contribution in [0.2, 0.25) is 0 Å². The summed E-state index contributed by atoms with van der Waals surface area (Å²) >= 11 is 0. The van der Waals surface area contributed by atoms with Crippen molar-refractivity contribution >= 4 is 16.9 Å². The second-order valence-corrected chi connectivity index (χ2v) is 5.26. The summed E-state index contributed by atoms with van der Waals surface area (Å²) in [5.74, 6) is 0.607. The third kappa shape index (κ3) is 2.78.